The lowest BCUT2D eigenvalue weighted by molar-refractivity contribution is 0.119. The van der Waals surface area contributed by atoms with Gasteiger partial charge in [-0.15, -0.1) is 4.91 Å². The highest BCUT2D eigenvalue weighted by atomic mass is 16.7. The molecule has 0 aromatic heterocycles. The van der Waals surface area contributed by atoms with Gasteiger partial charge in [0, 0.05) is 0 Å². The van der Waals surface area contributed by atoms with Crippen LogP contribution in [-0.2, 0) is 4.84 Å². The van der Waals surface area contributed by atoms with E-state index in [-0.39, 0.29) is 0 Å². The summed E-state index contributed by atoms with van der Waals surface area (Å²) in [6.45, 7) is 9.24. The molecule has 1 unspecified atom stereocenters. The van der Waals surface area contributed by atoms with Crippen LogP contribution in [0.2, 0.25) is 0 Å². The molecule has 0 saturated heterocycles. The first-order chi connectivity index (χ1) is 5.45. The van der Waals surface area contributed by atoms with Crippen molar-refractivity contribution in [1.29, 1.82) is 0 Å². The van der Waals surface area contributed by atoms with Gasteiger partial charge in [-0.3, -0.25) is 0 Å². The fraction of sp³-hybridized carbons (Fsp3) is 1.00. The second kappa shape index (κ2) is 5.12. The molecule has 0 aliphatic rings. The van der Waals surface area contributed by atoms with E-state index in [0.29, 0.717) is 17.9 Å². The first-order valence-electron chi connectivity index (χ1n) is 4.40. The standard InChI is InChI=1S/C9H19NO2/c1-8(5-6-12-10-11)7-9(2,3)4/h8H,5-7H2,1-4H3. The quantitative estimate of drug-likeness (QED) is 0.364. The summed E-state index contributed by atoms with van der Waals surface area (Å²) in [4.78, 5) is 14.0. The molecule has 12 heavy (non-hydrogen) atoms. The summed E-state index contributed by atoms with van der Waals surface area (Å²) in [5.41, 5.74) is 0.355. The lowest BCUT2D eigenvalue weighted by Crippen LogP contribution is -2.12. The lowest BCUT2D eigenvalue weighted by Gasteiger charge is -2.22. The minimum Gasteiger partial charge on any atom is -0.364 e. The van der Waals surface area contributed by atoms with Crippen LogP contribution in [0, 0.1) is 16.2 Å². The first-order valence-corrected chi connectivity index (χ1v) is 4.40. The zero-order valence-corrected chi connectivity index (χ0v) is 8.46. The second-order valence-corrected chi connectivity index (χ2v) is 4.57. The van der Waals surface area contributed by atoms with Crippen LogP contribution < -0.4 is 0 Å². The minimum atomic E-state index is 0.355. The van der Waals surface area contributed by atoms with E-state index in [1.165, 1.54) is 0 Å². The van der Waals surface area contributed by atoms with Gasteiger partial charge in [0.2, 0.25) is 0 Å². The van der Waals surface area contributed by atoms with E-state index in [4.69, 9.17) is 0 Å². The predicted molar refractivity (Wildman–Crippen MR) is 49.6 cm³/mol. The second-order valence-electron chi connectivity index (χ2n) is 4.57. The van der Waals surface area contributed by atoms with Gasteiger partial charge < -0.3 is 4.84 Å². The highest BCUT2D eigenvalue weighted by molar-refractivity contribution is 4.65. The molecule has 0 heterocycles. The molecule has 0 spiro atoms. The highest BCUT2D eigenvalue weighted by Gasteiger charge is 2.14. The van der Waals surface area contributed by atoms with Crippen molar-refractivity contribution in [3.8, 4) is 0 Å². The van der Waals surface area contributed by atoms with Crippen molar-refractivity contribution in [2.24, 2.45) is 16.7 Å². The third-order valence-electron chi connectivity index (χ3n) is 1.72. The molecule has 0 bridgehead atoms. The maximum Gasteiger partial charge on any atom is 0.155 e. The van der Waals surface area contributed by atoms with Crippen molar-refractivity contribution in [2.45, 2.75) is 40.5 Å². The van der Waals surface area contributed by atoms with E-state index >= 15 is 0 Å². The van der Waals surface area contributed by atoms with E-state index in [0.717, 1.165) is 12.8 Å². The molecule has 0 saturated carbocycles. The van der Waals surface area contributed by atoms with Crippen molar-refractivity contribution in [3.05, 3.63) is 4.91 Å². The molecule has 0 aromatic carbocycles. The van der Waals surface area contributed by atoms with Crippen molar-refractivity contribution in [1.82, 2.24) is 0 Å². The molecule has 0 aliphatic heterocycles. The van der Waals surface area contributed by atoms with E-state index in [1.54, 1.807) is 0 Å². The fourth-order valence-corrected chi connectivity index (χ4v) is 1.44. The van der Waals surface area contributed by atoms with Crippen LogP contribution in [0.3, 0.4) is 0 Å². The van der Waals surface area contributed by atoms with Crippen molar-refractivity contribution in [3.63, 3.8) is 0 Å². The Hall–Kier alpha value is -0.600. The van der Waals surface area contributed by atoms with Gasteiger partial charge in [-0.25, -0.2) is 0 Å². The molecule has 0 aromatic rings. The normalized spacial score (nSPS) is 14.0. The summed E-state index contributed by atoms with van der Waals surface area (Å²) in [7, 11) is 0. The minimum absolute atomic E-state index is 0.355. The summed E-state index contributed by atoms with van der Waals surface area (Å²) in [6.07, 6.45) is 2.05. The van der Waals surface area contributed by atoms with E-state index in [9.17, 15) is 4.91 Å². The van der Waals surface area contributed by atoms with Gasteiger partial charge in [-0.05, 0) is 24.2 Å². The Morgan fingerprint density at radius 3 is 2.42 bits per heavy atom. The van der Waals surface area contributed by atoms with Gasteiger partial charge in [-0.2, -0.15) is 0 Å². The van der Waals surface area contributed by atoms with Crippen LogP contribution in [0.1, 0.15) is 40.5 Å². The molecule has 3 nitrogen and oxygen atoms in total. The number of rotatable bonds is 5. The molecule has 0 N–H and O–H groups in total. The topological polar surface area (TPSA) is 38.7 Å². The SMILES string of the molecule is CC(CCON=O)CC(C)(C)C. The van der Waals surface area contributed by atoms with E-state index in [1.807, 2.05) is 0 Å². The van der Waals surface area contributed by atoms with E-state index in [2.05, 4.69) is 37.9 Å². The zero-order chi connectivity index (χ0) is 9.61. The van der Waals surface area contributed by atoms with Gasteiger partial charge >= 0.3 is 0 Å². The first kappa shape index (κ1) is 11.4. The molecule has 1 atom stereocenters. The van der Waals surface area contributed by atoms with Crippen molar-refractivity contribution >= 4 is 0 Å². The van der Waals surface area contributed by atoms with Gasteiger partial charge in [-0.1, -0.05) is 27.7 Å². The summed E-state index contributed by atoms with van der Waals surface area (Å²) >= 11 is 0. The molecule has 3 heteroatoms. The molecule has 0 rings (SSSR count). The molecular formula is C9H19NO2. The highest BCUT2D eigenvalue weighted by Crippen LogP contribution is 2.25. The summed E-state index contributed by atoms with van der Waals surface area (Å²) in [5.74, 6) is 0.590. The monoisotopic (exact) mass is 173 g/mol. The number of hydrogen-bond donors (Lipinski definition) is 0. The molecule has 0 aliphatic carbocycles. The largest absolute Gasteiger partial charge is 0.364 e. The van der Waals surface area contributed by atoms with Gasteiger partial charge in [0.05, 0.1) is 0 Å². The predicted octanol–water partition coefficient (Wildman–Crippen LogP) is 3.15. The lowest BCUT2D eigenvalue weighted by atomic mass is 9.84. The summed E-state index contributed by atoms with van der Waals surface area (Å²) < 4.78 is 0. The van der Waals surface area contributed by atoms with Crippen molar-refractivity contribution < 1.29 is 4.84 Å². The van der Waals surface area contributed by atoms with Crippen molar-refractivity contribution in [2.75, 3.05) is 6.61 Å². The zero-order valence-electron chi connectivity index (χ0n) is 8.46. The number of nitrogens with zero attached hydrogens (tertiary/aromatic N) is 1. The van der Waals surface area contributed by atoms with Crippen LogP contribution in [-0.4, -0.2) is 6.61 Å². The van der Waals surface area contributed by atoms with Gasteiger partial charge in [0.15, 0.2) is 5.34 Å². The molecule has 0 radical (unpaired) electrons. The summed E-state index contributed by atoms with van der Waals surface area (Å²) in [5, 5.41) is 2.35. The van der Waals surface area contributed by atoms with Crippen LogP contribution >= 0.6 is 0 Å². The van der Waals surface area contributed by atoms with Crippen LogP contribution in [0.5, 0.6) is 0 Å². The Bertz CT molecular complexity index is 129. The third kappa shape index (κ3) is 7.51. The summed E-state index contributed by atoms with van der Waals surface area (Å²) in [6, 6.07) is 0. The van der Waals surface area contributed by atoms with Crippen LogP contribution in [0.15, 0.2) is 5.34 Å². The Labute approximate surface area is 74.4 Å². The van der Waals surface area contributed by atoms with Crippen LogP contribution in [0.4, 0.5) is 0 Å². The average molecular weight is 173 g/mol. The third-order valence-corrected chi connectivity index (χ3v) is 1.72. The molecule has 0 amide bonds. The Morgan fingerprint density at radius 1 is 1.42 bits per heavy atom. The molecular weight excluding hydrogens is 154 g/mol. The Balaban J connectivity index is 3.46. The molecule has 0 fully saturated rings. The van der Waals surface area contributed by atoms with Gasteiger partial charge in [0.1, 0.15) is 6.61 Å². The van der Waals surface area contributed by atoms with E-state index < -0.39 is 0 Å². The van der Waals surface area contributed by atoms with Crippen LogP contribution in [0.25, 0.3) is 0 Å². The smallest absolute Gasteiger partial charge is 0.155 e. The Kier molecular flexibility index (Phi) is 4.86. The Morgan fingerprint density at radius 2 is 2.00 bits per heavy atom. The average Bonchev–Trinajstić information content (AvgIpc) is 1.84. The number of hydrogen-bond acceptors (Lipinski definition) is 3. The maximum absolute atomic E-state index is 9.60. The van der Waals surface area contributed by atoms with Gasteiger partial charge in [0.25, 0.3) is 0 Å². The fourth-order valence-electron chi connectivity index (χ4n) is 1.44. The maximum atomic E-state index is 9.60. The molecule has 72 valence electrons.